The molecule has 0 aliphatic carbocycles. The minimum Gasteiger partial charge on any atom is -0.311 e. The van der Waals surface area contributed by atoms with Crippen molar-refractivity contribution < 1.29 is 9.72 Å². The quantitative estimate of drug-likeness (QED) is 0.213. The summed E-state index contributed by atoms with van der Waals surface area (Å²) in [5.41, 5.74) is 5.57. The zero-order chi connectivity index (χ0) is 23.7. The Morgan fingerprint density at radius 1 is 1.06 bits per heavy atom. The van der Waals surface area contributed by atoms with Crippen molar-refractivity contribution in [2.24, 2.45) is 0 Å². The second-order valence-electron chi connectivity index (χ2n) is 8.07. The molecule has 34 heavy (non-hydrogen) atoms. The highest BCUT2D eigenvalue weighted by Gasteiger charge is 2.25. The first-order valence-corrected chi connectivity index (χ1v) is 11.9. The van der Waals surface area contributed by atoms with E-state index in [0.29, 0.717) is 17.3 Å². The lowest BCUT2D eigenvalue weighted by molar-refractivity contribution is -0.384. The minimum absolute atomic E-state index is 0.0205. The van der Waals surface area contributed by atoms with E-state index >= 15 is 0 Å². The third-order valence-corrected chi connectivity index (χ3v) is 6.89. The normalized spacial score (nSPS) is 12.6. The Bertz CT molecular complexity index is 1400. The van der Waals surface area contributed by atoms with Gasteiger partial charge in [-0.2, -0.15) is 0 Å². The van der Waals surface area contributed by atoms with Crippen molar-refractivity contribution in [1.82, 2.24) is 9.55 Å². The van der Waals surface area contributed by atoms with Gasteiger partial charge in [-0.05, 0) is 36.6 Å². The molecule has 5 rings (SSSR count). The Labute approximate surface area is 201 Å². The predicted octanol–water partition coefficient (Wildman–Crippen LogP) is 5.44. The molecule has 1 amide bonds. The van der Waals surface area contributed by atoms with Gasteiger partial charge in [-0.25, -0.2) is 4.98 Å². The molecule has 3 aromatic carbocycles. The Kier molecular flexibility index (Phi) is 5.90. The number of aromatic nitrogens is 2. The second kappa shape index (κ2) is 9.15. The number of hydrogen-bond acceptors (Lipinski definition) is 5. The van der Waals surface area contributed by atoms with Crippen molar-refractivity contribution in [2.45, 2.75) is 18.5 Å². The van der Waals surface area contributed by atoms with E-state index in [1.54, 1.807) is 18.3 Å². The fraction of sp³-hybridized carbons (Fsp3) is 0.154. The van der Waals surface area contributed by atoms with Crippen LogP contribution in [-0.4, -0.2) is 32.7 Å². The van der Waals surface area contributed by atoms with Gasteiger partial charge in [0, 0.05) is 29.9 Å². The van der Waals surface area contributed by atoms with Gasteiger partial charge < -0.3 is 4.90 Å². The summed E-state index contributed by atoms with van der Waals surface area (Å²) in [4.78, 5) is 30.5. The maximum absolute atomic E-state index is 13.1. The SMILES string of the molecule is Cc1ccccc1-n1c(-c2cccc([N+](=O)[O-])c2)cnc1SCC(=O)N1CCc2ccccc21. The molecule has 0 saturated heterocycles. The van der Waals surface area contributed by atoms with Crippen LogP contribution in [0.4, 0.5) is 11.4 Å². The van der Waals surface area contributed by atoms with Crippen molar-refractivity contribution >= 4 is 29.0 Å². The van der Waals surface area contributed by atoms with Gasteiger partial charge in [-0.15, -0.1) is 0 Å². The largest absolute Gasteiger partial charge is 0.311 e. The number of nitro benzene ring substituents is 1. The van der Waals surface area contributed by atoms with Crippen LogP contribution < -0.4 is 4.90 Å². The number of fused-ring (bicyclic) bond motifs is 1. The van der Waals surface area contributed by atoms with E-state index in [2.05, 4.69) is 11.1 Å². The van der Waals surface area contributed by atoms with Gasteiger partial charge in [-0.3, -0.25) is 19.5 Å². The number of imidazole rings is 1. The molecule has 1 aliphatic heterocycles. The lowest BCUT2D eigenvalue weighted by atomic mass is 10.1. The predicted molar refractivity (Wildman–Crippen MR) is 134 cm³/mol. The summed E-state index contributed by atoms with van der Waals surface area (Å²) in [6.45, 7) is 2.69. The van der Waals surface area contributed by atoms with E-state index in [1.165, 1.54) is 23.4 Å². The number of anilines is 1. The van der Waals surface area contributed by atoms with E-state index in [4.69, 9.17) is 0 Å². The number of rotatable bonds is 6. The number of non-ortho nitro benzene ring substituents is 1. The van der Waals surface area contributed by atoms with Crippen LogP contribution in [0, 0.1) is 17.0 Å². The Morgan fingerprint density at radius 2 is 1.82 bits per heavy atom. The van der Waals surface area contributed by atoms with Gasteiger partial charge in [0.2, 0.25) is 5.91 Å². The first kappa shape index (κ1) is 21.9. The Morgan fingerprint density at radius 3 is 2.62 bits per heavy atom. The lowest BCUT2D eigenvalue weighted by Gasteiger charge is -2.18. The second-order valence-corrected chi connectivity index (χ2v) is 9.01. The smallest absolute Gasteiger partial charge is 0.270 e. The van der Waals surface area contributed by atoms with Crippen molar-refractivity contribution in [3.63, 3.8) is 0 Å². The molecular formula is C26H22N4O3S. The van der Waals surface area contributed by atoms with Crippen LogP contribution in [0.1, 0.15) is 11.1 Å². The Hall–Kier alpha value is -3.91. The van der Waals surface area contributed by atoms with Crippen molar-refractivity contribution in [2.75, 3.05) is 17.2 Å². The molecule has 0 bridgehead atoms. The number of amides is 1. The number of nitro groups is 1. The molecule has 8 heteroatoms. The summed E-state index contributed by atoms with van der Waals surface area (Å²) in [5.74, 6) is 0.275. The third-order valence-electron chi connectivity index (χ3n) is 5.95. The fourth-order valence-electron chi connectivity index (χ4n) is 4.27. The number of benzene rings is 3. The number of nitrogens with zero attached hydrogens (tertiary/aromatic N) is 4. The zero-order valence-electron chi connectivity index (χ0n) is 18.5. The van der Waals surface area contributed by atoms with Gasteiger partial charge in [0.1, 0.15) is 0 Å². The van der Waals surface area contributed by atoms with Crippen LogP contribution in [-0.2, 0) is 11.2 Å². The first-order valence-electron chi connectivity index (χ1n) is 10.9. The molecule has 4 aromatic rings. The van der Waals surface area contributed by atoms with Crippen LogP contribution in [0.5, 0.6) is 0 Å². The molecular weight excluding hydrogens is 448 g/mol. The molecule has 0 saturated carbocycles. The maximum Gasteiger partial charge on any atom is 0.270 e. The molecule has 0 unspecified atom stereocenters. The number of carbonyl (C=O) groups is 1. The van der Waals surface area contributed by atoms with Crippen molar-refractivity contribution in [3.8, 4) is 16.9 Å². The summed E-state index contributed by atoms with van der Waals surface area (Å²) in [6, 6.07) is 22.4. The van der Waals surface area contributed by atoms with Gasteiger partial charge in [-0.1, -0.05) is 60.3 Å². The van der Waals surface area contributed by atoms with Gasteiger partial charge in [0.05, 0.1) is 28.3 Å². The summed E-state index contributed by atoms with van der Waals surface area (Å²) in [7, 11) is 0. The summed E-state index contributed by atoms with van der Waals surface area (Å²) in [6.07, 6.45) is 2.57. The van der Waals surface area contributed by atoms with E-state index in [-0.39, 0.29) is 17.3 Å². The van der Waals surface area contributed by atoms with Gasteiger partial charge in [0.25, 0.3) is 5.69 Å². The monoisotopic (exact) mass is 470 g/mol. The molecule has 0 radical (unpaired) electrons. The molecule has 1 aromatic heterocycles. The van der Waals surface area contributed by atoms with Crippen LogP contribution in [0.15, 0.2) is 84.1 Å². The van der Waals surface area contributed by atoms with Crippen molar-refractivity contribution in [3.05, 3.63) is 100 Å². The van der Waals surface area contributed by atoms with Crippen molar-refractivity contribution in [1.29, 1.82) is 0 Å². The average molecular weight is 471 g/mol. The number of hydrogen-bond donors (Lipinski definition) is 0. The molecule has 1 aliphatic rings. The first-order chi connectivity index (χ1) is 16.5. The van der Waals surface area contributed by atoms with Gasteiger partial charge >= 0.3 is 0 Å². The Balaban J connectivity index is 1.48. The zero-order valence-corrected chi connectivity index (χ0v) is 19.4. The van der Waals surface area contributed by atoms with Gasteiger partial charge in [0.15, 0.2) is 5.16 Å². The van der Waals surface area contributed by atoms with E-state index < -0.39 is 4.92 Å². The van der Waals surface area contributed by atoms with E-state index in [9.17, 15) is 14.9 Å². The summed E-state index contributed by atoms with van der Waals surface area (Å²) in [5, 5.41) is 12.0. The number of para-hydroxylation sites is 2. The topological polar surface area (TPSA) is 81.3 Å². The third kappa shape index (κ3) is 4.08. The molecule has 0 N–H and O–H groups in total. The molecule has 2 heterocycles. The van der Waals surface area contributed by atoms with E-state index in [0.717, 1.165) is 29.1 Å². The lowest BCUT2D eigenvalue weighted by Crippen LogP contribution is -2.30. The van der Waals surface area contributed by atoms with E-state index in [1.807, 2.05) is 64.9 Å². The number of aryl methyl sites for hydroxylation is 1. The summed E-state index contributed by atoms with van der Waals surface area (Å²) < 4.78 is 1.98. The molecule has 0 spiro atoms. The molecule has 7 nitrogen and oxygen atoms in total. The van der Waals surface area contributed by atoms with Crippen LogP contribution in [0.25, 0.3) is 16.9 Å². The summed E-state index contributed by atoms with van der Waals surface area (Å²) >= 11 is 1.37. The fourth-order valence-corrected chi connectivity index (χ4v) is 5.13. The highest BCUT2D eigenvalue weighted by molar-refractivity contribution is 7.99. The van der Waals surface area contributed by atoms with Crippen LogP contribution in [0.2, 0.25) is 0 Å². The highest BCUT2D eigenvalue weighted by atomic mass is 32.2. The molecule has 0 fully saturated rings. The number of carbonyl (C=O) groups excluding carboxylic acids is 1. The average Bonchev–Trinajstić information content (AvgIpc) is 3.47. The van der Waals surface area contributed by atoms with Crippen LogP contribution in [0.3, 0.4) is 0 Å². The number of thioether (sulfide) groups is 1. The highest BCUT2D eigenvalue weighted by Crippen LogP contribution is 2.34. The maximum atomic E-state index is 13.1. The minimum atomic E-state index is -0.403. The standard InChI is InChI=1S/C26H22N4O3S/c1-18-7-2-4-11-22(18)29-24(20-9-6-10-21(15-20)30(32)33)16-27-26(29)34-17-25(31)28-14-13-19-8-3-5-12-23(19)28/h2-12,15-16H,13-14,17H2,1H3. The van der Waals surface area contributed by atoms with Crippen LogP contribution >= 0.6 is 11.8 Å². The molecule has 0 atom stereocenters. The molecule has 170 valence electrons.